The van der Waals surface area contributed by atoms with Crippen LogP contribution in [0.25, 0.3) is 0 Å². The maximum Gasteiger partial charge on any atom is 0.257 e. The third-order valence-electron chi connectivity index (χ3n) is 3.91. The zero-order chi connectivity index (χ0) is 19.8. The molecule has 0 atom stereocenters. The van der Waals surface area contributed by atoms with Crippen molar-refractivity contribution in [2.75, 3.05) is 11.9 Å². The van der Waals surface area contributed by atoms with Crippen molar-refractivity contribution in [2.45, 2.75) is 6.42 Å². The van der Waals surface area contributed by atoms with E-state index in [1.54, 1.807) is 12.1 Å². The number of hydrogen-bond donors (Lipinski definition) is 2. The second-order valence-corrected chi connectivity index (χ2v) is 7.68. The average molecular weight is 502 g/mol. The van der Waals surface area contributed by atoms with Crippen LogP contribution in [0.4, 0.5) is 5.69 Å². The highest BCUT2D eigenvalue weighted by Gasteiger charge is 2.08. The summed E-state index contributed by atoms with van der Waals surface area (Å²) in [4.78, 5) is 12.3. The fourth-order valence-corrected chi connectivity index (χ4v) is 3.32. The molecule has 0 radical (unpaired) electrons. The number of amides is 1. The van der Waals surface area contributed by atoms with Crippen molar-refractivity contribution < 1.29 is 9.53 Å². The highest BCUT2D eigenvalue weighted by Crippen LogP contribution is 2.18. The van der Waals surface area contributed by atoms with Gasteiger partial charge in [0.15, 0.2) is 5.11 Å². The number of nitrogens with one attached hydrogen (secondary N) is 2. The van der Waals surface area contributed by atoms with Crippen LogP contribution in [0.15, 0.2) is 78.9 Å². The molecule has 142 valence electrons. The van der Waals surface area contributed by atoms with Crippen LogP contribution in [0.5, 0.6) is 5.75 Å². The van der Waals surface area contributed by atoms with E-state index >= 15 is 0 Å². The van der Waals surface area contributed by atoms with E-state index in [0.717, 1.165) is 21.4 Å². The highest BCUT2D eigenvalue weighted by atomic mass is 127. The van der Waals surface area contributed by atoms with Gasteiger partial charge in [0.1, 0.15) is 5.75 Å². The van der Waals surface area contributed by atoms with Crippen LogP contribution >= 0.6 is 34.8 Å². The molecule has 3 aromatic rings. The minimum Gasteiger partial charge on any atom is -0.493 e. The third-order valence-corrected chi connectivity index (χ3v) is 4.78. The van der Waals surface area contributed by atoms with E-state index in [1.165, 1.54) is 5.56 Å². The Morgan fingerprint density at radius 1 is 0.964 bits per heavy atom. The van der Waals surface area contributed by atoms with Gasteiger partial charge in [0.05, 0.1) is 6.61 Å². The zero-order valence-corrected chi connectivity index (χ0v) is 18.0. The second kappa shape index (κ2) is 10.2. The number of thiocarbonyl (C=S) groups is 1. The largest absolute Gasteiger partial charge is 0.493 e. The van der Waals surface area contributed by atoms with Crippen molar-refractivity contribution in [2.24, 2.45) is 0 Å². The molecule has 0 aliphatic carbocycles. The summed E-state index contributed by atoms with van der Waals surface area (Å²) in [6, 6.07) is 25.0. The smallest absolute Gasteiger partial charge is 0.257 e. The molecule has 0 aliphatic heterocycles. The standard InChI is InChI=1S/C22H19IN2O2S/c23-18-9-4-8-17(14-18)21(26)25-22(28)24-19-10-5-11-20(15-19)27-13-12-16-6-2-1-3-7-16/h1-11,14-15H,12-13H2,(H2,24,25,26,28). The molecule has 0 aromatic heterocycles. The number of benzene rings is 3. The van der Waals surface area contributed by atoms with E-state index in [4.69, 9.17) is 17.0 Å². The Morgan fingerprint density at radius 2 is 1.75 bits per heavy atom. The Labute approximate surface area is 183 Å². The van der Waals surface area contributed by atoms with Crippen molar-refractivity contribution in [1.82, 2.24) is 5.32 Å². The summed E-state index contributed by atoms with van der Waals surface area (Å²) in [5, 5.41) is 5.96. The molecule has 6 heteroatoms. The predicted octanol–water partition coefficient (Wildman–Crippen LogP) is 5.04. The molecule has 0 saturated heterocycles. The summed E-state index contributed by atoms with van der Waals surface area (Å²) in [5.74, 6) is 0.499. The molecule has 3 rings (SSSR count). The Balaban J connectivity index is 1.52. The van der Waals surface area contributed by atoms with Crippen LogP contribution in [-0.4, -0.2) is 17.6 Å². The molecule has 0 heterocycles. The molecule has 0 bridgehead atoms. The first-order valence-corrected chi connectivity index (χ1v) is 10.2. The zero-order valence-electron chi connectivity index (χ0n) is 15.0. The summed E-state index contributed by atoms with van der Waals surface area (Å²) in [7, 11) is 0. The molecular weight excluding hydrogens is 483 g/mol. The van der Waals surface area contributed by atoms with Gasteiger partial charge >= 0.3 is 0 Å². The number of carbonyl (C=O) groups excluding carboxylic acids is 1. The molecule has 0 aliphatic rings. The van der Waals surface area contributed by atoms with Crippen molar-refractivity contribution in [3.05, 3.63) is 93.6 Å². The lowest BCUT2D eigenvalue weighted by molar-refractivity contribution is 0.0977. The minimum absolute atomic E-state index is 0.241. The van der Waals surface area contributed by atoms with E-state index in [0.29, 0.717) is 12.2 Å². The van der Waals surface area contributed by atoms with E-state index in [9.17, 15) is 4.79 Å². The second-order valence-electron chi connectivity index (χ2n) is 6.03. The van der Waals surface area contributed by atoms with Gasteiger partial charge in [-0.15, -0.1) is 0 Å². The Morgan fingerprint density at radius 3 is 2.54 bits per heavy atom. The summed E-state index contributed by atoms with van der Waals surface area (Å²) in [6.07, 6.45) is 0.836. The lowest BCUT2D eigenvalue weighted by Gasteiger charge is -2.12. The molecule has 1 amide bonds. The van der Waals surface area contributed by atoms with Crippen molar-refractivity contribution in [1.29, 1.82) is 0 Å². The van der Waals surface area contributed by atoms with Gasteiger partial charge in [0.25, 0.3) is 5.91 Å². The fraction of sp³-hybridized carbons (Fsp3) is 0.0909. The van der Waals surface area contributed by atoms with E-state index in [1.807, 2.05) is 54.6 Å². The van der Waals surface area contributed by atoms with Gasteiger partial charge in [-0.1, -0.05) is 42.5 Å². The first-order chi connectivity index (χ1) is 13.6. The molecule has 0 saturated carbocycles. The summed E-state index contributed by atoms with van der Waals surface area (Å²) in [6.45, 7) is 0.585. The molecule has 0 unspecified atom stereocenters. The molecule has 0 spiro atoms. The number of halogens is 1. The van der Waals surface area contributed by atoms with Crippen LogP contribution in [0, 0.1) is 3.57 Å². The van der Waals surface area contributed by atoms with Crippen LogP contribution in [0.2, 0.25) is 0 Å². The van der Waals surface area contributed by atoms with Gasteiger partial charge in [0.2, 0.25) is 0 Å². The molecular formula is C22H19IN2O2S. The Hall–Kier alpha value is -2.45. The van der Waals surface area contributed by atoms with Crippen molar-refractivity contribution >= 4 is 51.5 Å². The van der Waals surface area contributed by atoms with Crippen molar-refractivity contribution in [3.8, 4) is 5.75 Å². The summed E-state index contributed by atoms with van der Waals surface area (Å²) < 4.78 is 6.81. The Bertz CT molecular complexity index is 964. The van der Waals surface area contributed by atoms with Gasteiger partial charge in [-0.25, -0.2) is 0 Å². The number of carbonyl (C=O) groups is 1. The van der Waals surface area contributed by atoms with Gasteiger partial charge in [0, 0.05) is 27.3 Å². The molecule has 28 heavy (non-hydrogen) atoms. The van der Waals surface area contributed by atoms with Crippen LogP contribution in [0.3, 0.4) is 0 Å². The van der Waals surface area contributed by atoms with Crippen molar-refractivity contribution in [3.63, 3.8) is 0 Å². The number of ether oxygens (including phenoxy) is 1. The first-order valence-electron chi connectivity index (χ1n) is 8.75. The average Bonchev–Trinajstić information content (AvgIpc) is 2.69. The van der Waals surface area contributed by atoms with Crippen LogP contribution in [-0.2, 0) is 6.42 Å². The van der Waals surface area contributed by atoms with Gasteiger partial charge in [-0.3, -0.25) is 10.1 Å². The van der Waals surface area contributed by atoms with Gasteiger partial charge < -0.3 is 10.1 Å². The number of rotatable bonds is 6. The predicted molar refractivity (Wildman–Crippen MR) is 125 cm³/mol. The van der Waals surface area contributed by atoms with Gasteiger partial charge in [-0.2, -0.15) is 0 Å². The topological polar surface area (TPSA) is 50.4 Å². The maximum atomic E-state index is 12.3. The maximum absolute atomic E-state index is 12.3. The SMILES string of the molecule is O=C(NC(=S)Nc1cccc(OCCc2ccccc2)c1)c1cccc(I)c1. The number of anilines is 1. The number of hydrogen-bond acceptors (Lipinski definition) is 3. The first kappa shape index (κ1) is 20.3. The lowest BCUT2D eigenvalue weighted by atomic mass is 10.2. The monoisotopic (exact) mass is 502 g/mol. The van der Waals surface area contributed by atoms with Crippen LogP contribution in [0.1, 0.15) is 15.9 Å². The lowest BCUT2D eigenvalue weighted by Crippen LogP contribution is -2.34. The summed E-state index contributed by atoms with van der Waals surface area (Å²) in [5.41, 5.74) is 2.55. The minimum atomic E-state index is -0.244. The molecule has 4 nitrogen and oxygen atoms in total. The fourth-order valence-electron chi connectivity index (χ4n) is 2.56. The molecule has 3 aromatic carbocycles. The Kier molecular flexibility index (Phi) is 7.39. The van der Waals surface area contributed by atoms with Crippen LogP contribution < -0.4 is 15.4 Å². The molecule has 0 fully saturated rings. The van der Waals surface area contributed by atoms with Gasteiger partial charge in [-0.05, 0) is 70.7 Å². The normalized spacial score (nSPS) is 10.2. The summed E-state index contributed by atoms with van der Waals surface area (Å²) >= 11 is 7.42. The van der Waals surface area contributed by atoms with E-state index < -0.39 is 0 Å². The van der Waals surface area contributed by atoms with E-state index in [-0.39, 0.29) is 11.0 Å². The quantitative estimate of drug-likeness (QED) is 0.367. The van der Waals surface area contributed by atoms with E-state index in [2.05, 4.69) is 45.4 Å². The third kappa shape index (κ3) is 6.31. The molecule has 2 N–H and O–H groups in total. The highest BCUT2D eigenvalue weighted by molar-refractivity contribution is 14.1.